The molecule has 0 saturated heterocycles. The second-order valence-electron chi connectivity index (χ2n) is 6.16. The lowest BCUT2D eigenvalue weighted by Crippen LogP contribution is -2.25. The molecule has 0 bridgehead atoms. The molecule has 1 aliphatic carbocycles. The predicted octanol–water partition coefficient (Wildman–Crippen LogP) is 4.09. The van der Waals surface area contributed by atoms with Gasteiger partial charge in [-0.05, 0) is 54.5 Å². The lowest BCUT2D eigenvalue weighted by Gasteiger charge is -2.23. The molecular weight excluding hydrogens is 308 g/mol. The number of ether oxygens (including phenoxy) is 1. The fourth-order valence-electron chi connectivity index (χ4n) is 3.33. The summed E-state index contributed by atoms with van der Waals surface area (Å²) in [6, 6.07) is 8.49. The summed E-state index contributed by atoms with van der Waals surface area (Å²) in [5.41, 5.74) is 2.57. The molecule has 0 aliphatic heterocycles. The number of thiophene rings is 1. The number of aryl methyl sites for hydroxylation is 1. The number of benzene rings is 1. The van der Waals surface area contributed by atoms with Crippen LogP contribution in [0.2, 0.25) is 0 Å². The minimum absolute atomic E-state index is 0.245. The van der Waals surface area contributed by atoms with Crippen LogP contribution >= 0.6 is 11.3 Å². The number of carbonyl (C=O) groups is 1. The lowest BCUT2D eigenvalue weighted by atomic mass is 9.86. The van der Waals surface area contributed by atoms with Gasteiger partial charge in [-0.1, -0.05) is 29.8 Å². The van der Waals surface area contributed by atoms with Crippen LogP contribution in [0.15, 0.2) is 41.3 Å². The van der Waals surface area contributed by atoms with Gasteiger partial charge in [0.1, 0.15) is 0 Å². The smallest absolute Gasteiger partial charge is 0.312 e. The summed E-state index contributed by atoms with van der Waals surface area (Å²) in [5, 5.41) is 13.6. The maximum absolute atomic E-state index is 11.7. The second-order valence-corrected chi connectivity index (χ2v) is 7.07. The highest BCUT2D eigenvalue weighted by Crippen LogP contribution is 2.30. The van der Waals surface area contributed by atoms with Gasteiger partial charge in [0, 0.05) is 4.70 Å². The molecule has 0 amide bonds. The summed E-state index contributed by atoms with van der Waals surface area (Å²) >= 11 is 1.79. The van der Waals surface area contributed by atoms with Crippen molar-refractivity contribution in [2.75, 3.05) is 7.11 Å². The van der Waals surface area contributed by atoms with Crippen molar-refractivity contribution in [3.05, 3.63) is 46.9 Å². The van der Waals surface area contributed by atoms with Crippen LogP contribution in [0.4, 0.5) is 0 Å². The zero-order valence-corrected chi connectivity index (χ0v) is 14.1. The molecule has 0 spiro atoms. The average molecular weight is 330 g/mol. The molecule has 2 atom stereocenters. The second kappa shape index (κ2) is 7.28. The first-order valence-electron chi connectivity index (χ1n) is 8.08. The van der Waals surface area contributed by atoms with Crippen molar-refractivity contribution in [1.29, 1.82) is 0 Å². The summed E-state index contributed by atoms with van der Waals surface area (Å²) in [7, 11) is 1.40. The van der Waals surface area contributed by atoms with Gasteiger partial charge in [0.2, 0.25) is 0 Å². The number of aliphatic hydroxyl groups excluding tert-OH is 1. The Morgan fingerprint density at radius 2 is 2.17 bits per heavy atom. The van der Waals surface area contributed by atoms with Gasteiger partial charge in [0.25, 0.3) is 0 Å². The molecule has 1 heterocycles. The minimum atomic E-state index is -0.430. The Morgan fingerprint density at radius 1 is 1.35 bits per heavy atom. The number of esters is 1. The molecule has 1 N–H and O–H groups in total. The quantitative estimate of drug-likeness (QED) is 0.663. The monoisotopic (exact) mass is 330 g/mol. The topological polar surface area (TPSA) is 46.5 Å². The van der Waals surface area contributed by atoms with Crippen molar-refractivity contribution < 1.29 is 14.6 Å². The molecular formula is C19H22O3S. The molecule has 3 nitrogen and oxygen atoms in total. The van der Waals surface area contributed by atoms with Crippen LogP contribution in [-0.2, 0) is 16.0 Å². The van der Waals surface area contributed by atoms with Crippen molar-refractivity contribution in [1.82, 2.24) is 0 Å². The van der Waals surface area contributed by atoms with E-state index in [0.29, 0.717) is 12.8 Å². The summed E-state index contributed by atoms with van der Waals surface area (Å²) < 4.78 is 6.14. The van der Waals surface area contributed by atoms with Crippen molar-refractivity contribution in [3.63, 3.8) is 0 Å². The number of fused-ring (bicyclic) bond motifs is 1. The van der Waals surface area contributed by atoms with E-state index in [2.05, 4.69) is 29.6 Å². The van der Waals surface area contributed by atoms with E-state index in [1.54, 1.807) is 11.3 Å². The number of hydrogen-bond acceptors (Lipinski definition) is 4. The van der Waals surface area contributed by atoms with Crippen LogP contribution < -0.4 is 0 Å². The first-order valence-corrected chi connectivity index (χ1v) is 8.96. The van der Waals surface area contributed by atoms with E-state index in [1.807, 2.05) is 6.08 Å². The van der Waals surface area contributed by atoms with Gasteiger partial charge < -0.3 is 9.84 Å². The molecule has 2 aromatic rings. The average Bonchev–Trinajstić information content (AvgIpc) is 2.97. The lowest BCUT2D eigenvalue weighted by molar-refractivity contribution is -0.144. The molecule has 122 valence electrons. The number of aliphatic hydroxyl groups is 1. The molecule has 1 aromatic carbocycles. The van der Waals surface area contributed by atoms with Crippen LogP contribution in [0.25, 0.3) is 10.1 Å². The van der Waals surface area contributed by atoms with Crippen molar-refractivity contribution in [2.45, 2.75) is 38.2 Å². The third kappa shape index (κ3) is 3.82. The van der Waals surface area contributed by atoms with Crippen LogP contribution in [0, 0.1) is 5.92 Å². The van der Waals surface area contributed by atoms with Gasteiger partial charge >= 0.3 is 5.97 Å². The summed E-state index contributed by atoms with van der Waals surface area (Å²) in [6.07, 6.45) is 5.72. The van der Waals surface area contributed by atoms with Crippen LogP contribution in [-0.4, -0.2) is 24.3 Å². The Bertz CT molecular complexity index is 716. The Hall–Kier alpha value is -1.65. The largest absolute Gasteiger partial charge is 0.469 e. The highest BCUT2D eigenvalue weighted by Gasteiger charge is 2.26. The Kier molecular flexibility index (Phi) is 5.13. The number of carbonyl (C=O) groups excluding carboxylic acids is 1. The summed E-state index contributed by atoms with van der Waals surface area (Å²) in [4.78, 5) is 11.7. The van der Waals surface area contributed by atoms with E-state index in [-0.39, 0.29) is 11.9 Å². The SMILES string of the molecule is COC(=O)[C@@H]1C=C(CCCc2csc3ccccc23)C[C@H](O)C1. The Morgan fingerprint density at radius 3 is 3.00 bits per heavy atom. The van der Waals surface area contributed by atoms with Gasteiger partial charge in [0.15, 0.2) is 0 Å². The van der Waals surface area contributed by atoms with Crippen LogP contribution in [0.3, 0.4) is 0 Å². The minimum Gasteiger partial charge on any atom is -0.469 e. The fraction of sp³-hybridized carbons (Fsp3) is 0.421. The van der Waals surface area contributed by atoms with Crippen molar-refractivity contribution in [3.8, 4) is 0 Å². The van der Waals surface area contributed by atoms with Gasteiger partial charge in [-0.15, -0.1) is 11.3 Å². The number of rotatable bonds is 5. The third-order valence-corrected chi connectivity index (χ3v) is 5.48. The Labute approximate surface area is 140 Å². The Balaban J connectivity index is 1.61. The zero-order valence-electron chi connectivity index (χ0n) is 13.3. The predicted molar refractivity (Wildman–Crippen MR) is 93.6 cm³/mol. The van der Waals surface area contributed by atoms with Crippen molar-refractivity contribution >= 4 is 27.4 Å². The summed E-state index contributed by atoms with van der Waals surface area (Å²) in [5.74, 6) is -0.536. The van der Waals surface area contributed by atoms with E-state index >= 15 is 0 Å². The fourth-order valence-corrected chi connectivity index (χ4v) is 4.33. The standard InChI is InChI=1S/C19H22O3S/c1-22-19(21)15-9-13(10-16(20)11-15)5-4-6-14-12-23-18-8-3-2-7-17(14)18/h2-3,7-9,12,15-16,20H,4-6,10-11H2,1H3/t15-,16+/m1/s1. The highest BCUT2D eigenvalue weighted by atomic mass is 32.1. The van der Waals surface area contributed by atoms with E-state index in [0.717, 1.165) is 19.3 Å². The normalized spacial score (nSPS) is 21.2. The number of methoxy groups -OCH3 is 1. The highest BCUT2D eigenvalue weighted by molar-refractivity contribution is 7.17. The maximum atomic E-state index is 11.7. The molecule has 4 heteroatoms. The molecule has 23 heavy (non-hydrogen) atoms. The van der Waals surface area contributed by atoms with Gasteiger partial charge in [-0.25, -0.2) is 0 Å². The molecule has 0 saturated carbocycles. The van der Waals surface area contributed by atoms with Crippen molar-refractivity contribution in [2.24, 2.45) is 5.92 Å². The molecule has 0 radical (unpaired) electrons. The van der Waals surface area contributed by atoms with E-state index < -0.39 is 6.10 Å². The van der Waals surface area contributed by atoms with Crippen LogP contribution in [0.5, 0.6) is 0 Å². The van der Waals surface area contributed by atoms with E-state index in [9.17, 15) is 9.90 Å². The van der Waals surface area contributed by atoms with Gasteiger partial charge in [0.05, 0.1) is 19.1 Å². The van der Waals surface area contributed by atoms with E-state index in [4.69, 9.17) is 4.74 Å². The van der Waals surface area contributed by atoms with Crippen LogP contribution in [0.1, 0.15) is 31.2 Å². The zero-order chi connectivity index (χ0) is 16.2. The van der Waals surface area contributed by atoms with Gasteiger partial charge in [-0.2, -0.15) is 0 Å². The molecule has 1 aliphatic rings. The number of hydrogen-bond donors (Lipinski definition) is 1. The third-order valence-electron chi connectivity index (χ3n) is 4.47. The molecule has 3 rings (SSSR count). The van der Waals surface area contributed by atoms with Gasteiger partial charge in [-0.3, -0.25) is 4.79 Å². The molecule has 0 fully saturated rings. The molecule has 0 unspecified atom stereocenters. The van der Waals surface area contributed by atoms with E-state index in [1.165, 1.54) is 28.3 Å². The first-order chi connectivity index (χ1) is 11.2. The maximum Gasteiger partial charge on any atom is 0.312 e. The first kappa shape index (κ1) is 16.2. The molecule has 1 aromatic heterocycles. The summed E-state index contributed by atoms with van der Waals surface area (Å²) in [6.45, 7) is 0.